The minimum atomic E-state index is -0.739. The van der Waals surface area contributed by atoms with Gasteiger partial charge in [0.1, 0.15) is 11.4 Å². The minimum Gasteiger partial charge on any atom is -0.498 e. The number of allylic oxidation sites excluding steroid dienone is 1. The Bertz CT molecular complexity index is 260. The van der Waals surface area contributed by atoms with Crippen molar-refractivity contribution in [1.29, 1.82) is 0 Å². The van der Waals surface area contributed by atoms with Crippen LogP contribution in [0, 0.1) is 5.41 Å². The number of aliphatic hydroxyl groups is 1. The van der Waals surface area contributed by atoms with Gasteiger partial charge in [-0.2, -0.15) is 0 Å². The van der Waals surface area contributed by atoms with Crippen molar-refractivity contribution in [3.05, 3.63) is 11.8 Å². The highest BCUT2D eigenvalue weighted by atomic mass is 16.5. The fraction of sp³-hybridized carbons (Fsp3) is 0.846. The first-order chi connectivity index (χ1) is 7.08. The van der Waals surface area contributed by atoms with Gasteiger partial charge >= 0.3 is 0 Å². The molecule has 0 bridgehead atoms. The van der Waals surface area contributed by atoms with Crippen molar-refractivity contribution >= 4 is 0 Å². The molecule has 2 nitrogen and oxygen atoms in total. The van der Waals surface area contributed by atoms with Gasteiger partial charge in [-0.15, -0.1) is 0 Å². The molecule has 2 rings (SSSR count). The Labute approximate surface area is 92.3 Å². The molecule has 1 unspecified atom stereocenters. The Morgan fingerprint density at radius 3 is 2.40 bits per heavy atom. The summed E-state index contributed by atoms with van der Waals surface area (Å²) in [6.45, 7) is 1.86. The van der Waals surface area contributed by atoms with E-state index in [2.05, 4.69) is 6.08 Å². The van der Waals surface area contributed by atoms with E-state index in [0.717, 1.165) is 18.6 Å². The van der Waals surface area contributed by atoms with E-state index in [1.807, 2.05) is 6.92 Å². The summed E-state index contributed by atoms with van der Waals surface area (Å²) in [5, 5.41) is 10.2. The monoisotopic (exact) mass is 210 g/mol. The third kappa shape index (κ3) is 2.05. The van der Waals surface area contributed by atoms with Crippen LogP contribution in [-0.4, -0.2) is 17.8 Å². The second kappa shape index (κ2) is 3.82. The van der Waals surface area contributed by atoms with Gasteiger partial charge in [0.25, 0.3) is 0 Å². The largest absolute Gasteiger partial charge is 0.498 e. The van der Waals surface area contributed by atoms with Gasteiger partial charge in [0.2, 0.25) is 0 Å². The number of ether oxygens (including phenoxy) is 1. The summed E-state index contributed by atoms with van der Waals surface area (Å²) in [5.74, 6) is 0.788. The number of methoxy groups -OCH3 is 1. The lowest BCUT2D eigenvalue weighted by Gasteiger charge is -2.42. The van der Waals surface area contributed by atoms with E-state index in [1.54, 1.807) is 7.11 Å². The van der Waals surface area contributed by atoms with Crippen LogP contribution in [0.15, 0.2) is 11.8 Å². The van der Waals surface area contributed by atoms with Crippen LogP contribution in [0.25, 0.3) is 0 Å². The van der Waals surface area contributed by atoms with Crippen molar-refractivity contribution in [2.24, 2.45) is 5.41 Å². The third-order valence-corrected chi connectivity index (χ3v) is 4.15. The summed E-state index contributed by atoms with van der Waals surface area (Å²) in [5.41, 5.74) is -0.400. The lowest BCUT2D eigenvalue weighted by Crippen LogP contribution is -2.38. The molecular weight excluding hydrogens is 188 g/mol. The first-order valence-electron chi connectivity index (χ1n) is 6.08. The second-order valence-corrected chi connectivity index (χ2v) is 5.41. The number of hydrogen-bond donors (Lipinski definition) is 1. The summed E-state index contributed by atoms with van der Waals surface area (Å²) in [6.07, 6.45) is 10.8. The van der Waals surface area contributed by atoms with Gasteiger partial charge in [-0.3, -0.25) is 0 Å². The van der Waals surface area contributed by atoms with Crippen molar-refractivity contribution in [2.75, 3.05) is 7.11 Å². The summed E-state index contributed by atoms with van der Waals surface area (Å²) < 4.78 is 5.35. The topological polar surface area (TPSA) is 29.5 Å². The number of rotatable bonds is 1. The fourth-order valence-corrected chi connectivity index (χ4v) is 3.05. The highest BCUT2D eigenvalue weighted by molar-refractivity contribution is 5.18. The smallest absolute Gasteiger partial charge is 0.123 e. The fourth-order valence-electron chi connectivity index (χ4n) is 3.05. The molecule has 0 saturated heterocycles. The van der Waals surface area contributed by atoms with Gasteiger partial charge < -0.3 is 9.84 Å². The molecule has 2 aliphatic carbocycles. The lowest BCUT2D eigenvalue weighted by molar-refractivity contribution is 0.000836. The molecular formula is C13H22O2. The lowest BCUT2D eigenvalue weighted by atomic mass is 9.66. The van der Waals surface area contributed by atoms with Crippen LogP contribution in [0.5, 0.6) is 0 Å². The maximum Gasteiger partial charge on any atom is 0.123 e. The van der Waals surface area contributed by atoms with Crippen LogP contribution in [0.2, 0.25) is 0 Å². The second-order valence-electron chi connectivity index (χ2n) is 5.41. The molecule has 1 saturated carbocycles. The Morgan fingerprint density at radius 2 is 1.80 bits per heavy atom. The Balaban J connectivity index is 2.23. The Kier molecular flexibility index (Phi) is 2.80. The molecule has 1 N–H and O–H groups in total. The molecule has 1 fully saturated rings. The minimum absolute atomic E-state index is 0.339. The Hall–Kier alpha value is -0.500. The van der Waals surface area contributed by atoms with Gasteiger partial charge in [-0.1, -0.05) is 19.3 Å². The average Bonchev–Trinajstić information content (AvgIpc) is 2.24. The predicted octanol–water partition coefficient (Wildman–Crippen LogP) is 3.01. The van der Waals surface area contributed by atoms with Crippen molar-refractivity contribution < 1.29 is 9.84 Å². The van der Waals surface area contributed by atoms with E-state index in [4.69, 9.17) is 4.74 Å². The van der Waals surface area contributed by atoms with E-state index < -0.39 is 5.60 Å². The van der Waals surface area contributed by atoms with Gasteiger partial charge in [-0.25, -0.2) is 0 Å². The molecule has 0 aliphatic heterocycles. The van der Waals surface area contributed by atoms with Gasteiger partial charge in [0.05, 0.1) is 7.11 Å². The average molecular weight is 210 g/mol. The van der Waals surface area contributed by atoms with Crippen LogP contribution < -0.4 is 0 Å². The molecule has 86 valence electrons. The van der Waals surface area contributed by atoms with Crippen LogP contribution in [-0.2, 0) is 4.74 Å². The summed E-state index contributed by atoms with van der Waals surface area (Å²) >= 11 is 0. The molecule has 1 atom stereocenters. The Morgan fingerprint density at radius 1 is 1.13 bits per heavy atom. The highest BCUT2D eigenvalue weighted by Gasteiger charge is 2.41. The molecule has 1 spiro atoms. The van der Waals surface area contributed by atoms with Gasteiger partial charge in [0.15, 0.2) is 0 Å². The summed E-state index contributed by atoms with van der Waals surface area (Å²) in [7, 11) is 1.67. The molecule has 0 heterocycles. The molecule has 0 aromatic carbocycles. The summed E-state index contributed by atoms with van der Waals surface area (Å²) in [4.78, 5) is 0. The standard InChI is InChI=1S/C13H22O2/c1-12(14)8-9-13(10-11(12)15-2)6-4-3-5-7-13/h10,14H,3-9H2,1-2H3. The van der Waals surface area contributed by atoms with Crippen molar-refractivity contribution in [1.82, 2.24) is 0 Å². The van der Waals surface area contributed by atoms with Crippen LogP contribution in [0.3, 0.4) is 0 Å². The maximum atomic E-state index is 10.2. The molecule has 0 amide bonds. The molecule has 2 heteroatoms. The van der Waals surface area contributed by atoms with Crippen LogP contribution in [0.1, 0.15) is 51.9 Å². The van der Waals surface area contributed by atoms with Crippen LogP contribution in [0.4, 0.5) is 0 Å². The third-order valence-electron chi connectivity index (χ3n) is 4.15. The van der Waals surface area contributed by atoms with E-state index in [1.165, 1.54) is 32.1 Å². The normalized spacial score (nSPS) is 35.0. The van der Waals surface area contributed by atoms with Crippen molar-refractivity contribution in [3.8, 4) is 0 Å². The van der Waals surface area contributed by atoms with E-state index >= 15 is 0 Å². The maximum absolute atomic E-state index is 10.2. The molecule has 0 aromatic heterocycles. The SMILES string of the molecule is COC1=CC2(CCCCC2)CCC1(C)O. The molecule has 0 radical (unpaired) electrons. The molecule has 2 aliphatic rings. The van der Waals surface area contributed by atoms with Gasteiger partial charge in [0, 0.05) is 0 Å². The molecule has 15 heavy (non-hydrogen) atoms. The van der Waals surface area contributed by atoms with Crippen molar-refractivity contribution in [3.63, 3.8) is 0 Å². The molecule has 0 aromatic rings. The van der Waals surface area contributed by atoms with Crippen LogP contribution >= 0.6 is 0 Å². The predicted molar refractivity (Wildman–Crippen MR) is 60.5 cm³/mol. The zero-order valence-corrected chi connectivity index (χ0v) is 9.88. The van der Waals surface area contributed by atoms with E-state index in [0.29, 0.717) is 5.41 Å². The zero-order chi connectivity index (χ0) is 10.9. The van der Waals surface area contributed by atoms with E-state index in [-0.39, 0.29) is 0 Å². The first-order valence-corrected chi connectivity index (χ1v) is 6.08. The summed E-state index contributed by atoms with van der Waals surface area (Å²) in [6, 6.07) is 0. The van der Waals surface area contributed by atoms with E-state index in [9.17, 15) is 5.11 Å². The highest BCUT2D eigenvalue weighted by Crippen LogP contribution is 2.48. The quantitative estimate of drug-likeness (QED) is 0.721. The zero-order valence-electron chi connectivity index (χ0n) is 9.88. The van der Waals surface area contributed by atoms with Gasteiger partial charge in [-0.05, 0) is 44.1 Å². The first kappa shape index (κ1) is 11.0. The van der Waals surface area contributed by atoms with Crippen molar-refractivity contribution in [2.45, 2.75) is 57.5 Å². The number of hydrogen-bond acceptors (Lipinski definition) is 2.